The maximum Gasteiger partial charge on any atom is 0.434 e. The summed E-state index contributed by atoms with van der Waals surface area (Å²) in [5.74, 6) is 0. The number of nitrogens with two attached hydrogens (primary N) is 1. The number of alkyl halides is 3. The zero-order valence-electron chi connectivity index (χ0n) is 12.0. The van der Waals surface area contributed by atoms with Crippen LogP contribution in [0.4, 0.5) is 13.2 Å². The molecule has 1 saturated carbocycles. The molecule has 1 aromatic heterocycles. The summed E-state index contributed by atoms with van der Waals surface area (Å²) >= 11 is 0. The van der Waals surface area contributed by atoms with Crippen LogP contribution < -0.4 is 5.73 Å². The number of aryl methyl sites for hydroxylation is 1. The molecule has 2 N–H and O–H groups in total. The molecule has 1 aromatic rings. The van der Waals surface area contributed by atoms with Crippen molar-refractivity contribution in [3.63, 3.8) is 0 Å². The number of hydrogen-bond donors (Lipinski definition) is 1. The molecule has 2 heterocycles. The van der Waals surface area contributed by atoms with Gasteiger partial charge in [0.05, 0.1) is 6.20 Å². The van der Waals surface area contributed by atoms with Crippen molar-refractivity contribution in [2.24, 2.45) is 18.2 Å². The van der Waals surface area contributed by atoms with Crippen LogP contribution in [-0.4, -0.2) is 41.6 Å². The molecule has 1 saturated heterocycles. The second-order valence-corrected chi connectivity index (χ2v) is 8.01. The molecule has 1 atom stereocenters. The van der Waals surface area contributed by atoms with Crippen molar-refractivity contribution in [1.82, 2.24) is 14.1 Å². The topological polar surface area (TPSA) is 81.2 Å². The zero-order valence-corrected chi connectivity index (χ0v) is 12.8. The Morgan fingerprint density at radius 3 is 2.50 bits per heavy atom. The van der Waals surface area contributed by atoms with Gasteiger partial charge in [-0.15, -0.1) is 0 Å². The standard InChI is InChI=1S/C12H17F3N4O2S/c1-18-10(12(13,14)15)8(5-17-18)22(20,21)19-6-9(16)11(7-19)3-2-4-11/h5,9H,2-4,6-7,16H2,1H3. The predicted octanol–water partition coefficient (Wildman–Crippen LogP) is 0.941. The van der Waals surface area contributed by atoms with E-state index in [1.165, 1.54) is 0 Å². The van der Waals surface area contributed by atoms with Crippen molar-refractivity contribution in [3.8, 4) is 0 Å². The summed E-state index contributed by atoms with van der Waals surface area (Å²) in [6, 6.07) is -0.331. The van der Waals surface area contributed by atoms with E-state index in [1.54, 1.807) is 0 Å². The molecule has 6 nitrogen and oxygen atoms in total. The molecule has 10 heteroatoms. The molecule has 1 aliphatic heterocycles. The molecule has 1 unspecified atom stereocenters. The predicted molar refractivity (Wildman–Crippen MR) is 71.2 cm³/mol. The van der Waals surface area contributed by atoms with Crippen molar-refractivity contribution >= 4 is 10.0 Å². The van der Waals surface area contributed by atoms with Gasteiger partial charge in [0, 0.05) is 31.6 Å². The van der Waals surface area contributed by atoms with Crippen LogP contribution in [0, 0.1) is 5.41 Å². The lowest BCUT2D eigenvalue weighted by Gasteiger charge is -2.41. The summed E-state index contributed by atoms with van der Waals surface area (Å²) in [5.41, 5.74) is 4.50. The van der Waals surface area contributed by atoms with Gasteiger partial charge in [0.25, 0.3) is 0 Å². The van der Waals surface area contributed by atoms with Gasteiger partial charge in [-0.05, 0) is 12.8 Å². The maximum absolute atomic E-state index is 13.1. The fourth-order valence-electron chi connectivity index (χ4n) is 3.36. The first kappa shape index (κ1) is 15.8. The Balaban J connectivity index is 1.99. The van der Waals surface area contributed by atoms with Crippen LogP contribution in [0.15, 0.2) is 11.1 Å². The van der Waals surface area contributed by atoms with E-state index in [0.29, 0.717) is 4.68 Å². The molecule has 0 bridgehead atoms. The van der Waals surface area contributed by atoms with Crippen molar-refractivity contribution in [3.05, 3.63) is 11.9 Å². The average molecular weight is 338 g/mol. The fourth-order valence-corrected chi connectivity index (χ4v) is 5.09. The molecule has 1 spiro atoms. The summed E-state index contributed by atoms with van der Waals surface area (Å²) in [7, 11) is -3.19. The quantitative estimate of drug-likeness (QED) is 0.870. The van der Waals surface area contributed by atoms with Crippen molar-refractivity contribution in [2.75, 3.05) is 13.1 Å². The van der Waals surface area contributed by atoms with E-state index in [9.17, 15) is 21.6 Å². The monoisotopic (exact) mass is 338 g/mol. The smallest absolute Gasteiger partial charge is 0.326 e. The minimum Gasteiger partial charge on any atom is -0.326 e. The van der Waals surface area contributed by atoms with Gasteiger partial charge in [-0.2, -0.15) is 22.6 Å². The highest BCUT2D eigenvalue weighted by molar-refractivity contribution is 7.89. The Bertz CT molecular complexity index is 694. The third kappa shape index (κ3) is 2.16. The van der Waals surface area contributed by atoms with Crippen LogP contribution in [0.3, 0.4) is 0 Å². The molecular weight excluding hydrogens is 321 g/mol. The Labute approximate surface area is 126 Å². The number of hydrogen-bond acceptors (Lipinski definition) is 4. The third-order valence-corrected chi connectivity index (χ3v) is 6.63. The van der Waals surface area contributed by atoms with E-state index in [4.69, 9.17) is 5.73 Å². The average Bonchev–Trinajstić information content (AvgIpc) is 2.89. The number of rotatable bonds is 2. The number of aromatic nitrogens is 2. The molecule has 2 fully saturated rings. The summed E-state index contributed by atoms with van der Waals surface area (Å²) in [6.07, 6.45) is -1.42. The number of halogens is 3. The molecule has 124 valence electrons. The van der Waals surface area contributed by atoms with Crippen molar-refractivity contribution in [1.29, 1.82) is 0 Å². The van der Waals surface area contributed by atoms with Crippen molar-refractivity contribution < 1.29 is 21.6 Å². The summed E-state index contributed by atoms with van der Waals surface area (Å²) < 4.78 is 66.1. The van der Waals surface area contributed by atoms with Crippen LogP contribution in [0.2, 0.25) is 0 Å². The second kappa shape index (κ2) is 4.68. The number of nitrogens with zero attached hydrogens (tertiary/aromatic N) is 3. The second-order valence-electron chi connectivity index (χ2n) is 6.10. The normalized spacial score (nSPS) is 25.6. The van der Waals surface area contributed by atoms with Crippen LogP contribution in [-0.2, 0) is 23.2 Å². The molecule has 22 heavy (non-hydrogen) atoms. The van der Waals surface area contributed by atoms with Crippen LogP contribution >= 0.6 is 0 Å². The summed E-state index contributed by atoms with van der Waals surface area (Å²) in [4.78, 5) is -0.800. The minimum atomic E-state index is -4.79. The SMILES string of the molecule is Cn1ncc(S(=O)(=O)N2CC(N)C3(CCC3)C2)c1C(F)(F)F. The first-order valence-corrected chi connectivity index (χ1v) is 8.37. The van der Waals surface area contributed by atoms with Gasteiger partial charge in [0.1, 0.15) is 4.90 Å². The van der Waals surface area contributed by atoms with E-state index in [-0.39, 0.29) is 24.5 Å². The lowest BCUT2D eigenvalue weighted by molar-refractivity contribution is -0.146. The lowest BCUT2D eigenvalue weighted by Crippen LogP contribution is -2.45. The molecule has 3 rings (SSSR count). The van der Waals surface area contributed by atoms with Gasteiger partial charge in [-0.3, -0.25) is 4.68 Å². The van der Waals surface area contributed by atoms with E-state index in [0.717, 1.165) is 36.8 Å². The highest BCUT2D eigenvalue weighted by Gasteiger charge is 2.53. The zero-order chi connectivity index (χ0) is 16.3. The Morgan fingerprint density at radius 2 is 2.05 bits per heavy atom. The maximum atomic E-state index is 13.1. The third-order valence-electron chi connectivity index (χ3n) is 4.82. The molecule has 1 aliphatic carbocycles. The minimum absolute atomic E-state index is 0.0501. The van der Waals surface area contributed by atoms with Gasteiger partial charge < -0.3 is 5.73 Å². The molecule has 0 aromatic carbocycles. The fraction of sp³-hybridized carbons (Fsp3) is 0.750. The van der Waals surface area contributed by atoms with Gasteiger partial charge in [-0.25, -0.2) is 8.42 Å². The molecule has 0 amide bonds. The first-order chi connectivity index (χ1) is 10.1. The Kier molecular flexibility index (Phi) is 3.35. The Morgan fingerprint density at radius 1 is 1.41 bits per heavy atom. The largest absolute Gasteiger partial charge is 0.434 e. The van der Waals surface area contributed by atoms with Crippen LogP contribution in [0.1, 0.15) is 25.0 Å². The van der Waals surface area contributed by atoms with E-state index in [1.807, 2.05) is 0 Å². The number of sulfonamides is 1. The van der Waals surface area contributed by atoms with E-state index < -0.39 is 26.8 Å². The van der Waals surface area contributed by atoms with Gasteiger partial charge in [0.2, 0.25) is 10.0 Å². The first-order valence-electron chi connectivity index (χ1n) is 6.93. The van der Waals surface area contributed by atoms with Crippen molar-refractivity contribution in [2.45, 2.75) is 36.4 Å². The van der Waals surface area contributed by atoms with E-state index in [2.05, 4.69) is 5.10 Å². The van der Waals surface area contributed by atoms with Gasteiger partial charge >= 0.3 is 6.18 Å². The lowest BCUT2D eigenvalue weighted by atomic mass is 9.66. The Hall–Kier alpha value is -1.13. The summed E-state index contributed by atoms with van der Waals surface area (Å²) in [5, 5.41) is 3.47. The van der Waals surface area contributed by atoms with Gasteiger partial charge in [0.15, 0.2) is 5.69 Å². The van der Waals surface area contributed by atoms with Gasteiger partial charge in [-0.1, -0.05) is 6.42 Å². The van der Waals surface area contributed by atoms with E-state index >= 15 is 0 Å². The molecule has 2 aliphatic rings. The van der Waals surface area contributed by atoms with Crippen LogP contribution in [0.25, 0.3) is 0 Å². The summed E-state index contributed by atoms with van der Waals surface area (Å²) in [6.45, 7) is 0.233. The molecular formula is C12H17F3N4O2S. The van der Waals surface area contributed by atoms with Crippen LogP contribution in [0.5, 0.6) is 0 Å². The highest BCUT2D eigenvalue weighted by atomic mass is 32.2. The molecule has 0 radical (unpaired) electrons. The highest BCUT2D eigenvalue weighted by Crippen LogP contribution is 2.48.